The SMILES string of the molecule is CC(C)(C)C#Cc1cc(N(C(=O)[C@H]2CC[C@H](C)CC2)C2CCN(C(=O)OC3(C)CCN(C(=O)OC(C)(C)C)C3)CC2)c(C(=O)O)s1. The van der Waals surface area contributed by atoms with Crippen LogP contribution in [-0.2, 0) is 14.3 Å². The van der Waals surface area contributed by atoms with Crippen LogP contribution in [0.15, 0.2) is 6.07 Å². The van der Waals surface area contributed by atoms with Crippen LogP contribution in [0.5, 0.6) is 0 Å². The third-order valence-corrected chi connectivity index (χ3v) is 9.87. The number of hydrogen-bond donors (Lipinski definition) is 1. The fourth-order valence-electron chi connectivity index (χ4n) is 6.30. The van der Waals surface area contributed by atoms with Crippen LogP contribution in [-0.4, -0.2) is 82.4 Å². The first-order valence-corrected chi connectivity index (χ1v) is 17.3. The molecule has 2 aliphatic heterocycles. The molecule has 1 N–H and O–H groups in total. The maximum absolute atomic E-state index is 14.2. The lowest BCUT2D eigenvalue weighted by molar-refractivity contribution is -0.124. The summed E-state index contributed by atoms with van der Waals surface area (Å²) in [7, 11) is 0. The van der Waals surface area contributed by atoms with Crippen LogP contribution in [0.3, 0.4) is 0 Å². The summed E-state index contributed by atoms with van der Waals surface area (Å²) in [5, 5.41) is 10.2. The molecule has 1 aromatic rings. The van der Waals surface area contributed by atoms with Crippen molar-refractivity contribution in [2.45, 2.75) is 118 Å². The molecule has 2 saturated heterocycles. The average molecular weight is 658 g/mol. The summed E-state index contributed by atoms with van der Waals surface area (Å²) in [6.07, 6.45) is 4.11. The van der Waals surface area contributed by atoms with Gasteiger partial charge in [-0.15, -0.1) is 11.3 Å². The molecule has 0 radical (unpaired) electrons. The van der Waals surface area contributed by atoms with Crippen molar-refractivity contribution >= 4 is 41.1 Å². The van der Waals surface area contributed by atoms with E-state index in [1.54, 1.807) is 20.8 Å². The highest BCUT2D eigenvalue weighted by atomic mass is 32.1. The maximum Gasteiger partial charge on any atom is 0.410 e. The van der Waals surface area contributed by atoms with Crippen molar-refractivity contribution < 1.29 is 33.8 Å². The molecular weight excluding hydrogens is 606 g/mol. The average Bonchev–Trinajstić information content (AvgIpc) is 3.55. The number of piperidine rings is 1. The lowest BCUT2D eigenvalue weighted by atomic mass is 9.82. The van der Waals surface area contributed by atoms with Gasteiger partial charge in [-0.2, -0.15) is 0 Å². The zero-order valence-electron chi connectivity index (χ0n) is 28.7. The fourth-order valence-corrected chi connectivity index (χ4v) is 7.15. The summed E-state index contributed by atoms with van der Waals surface area (Å²) < 4.78 is 11.4. The third-order valence-electron chi connectivity index (χ3n) is 8.84. The minimum Gasteiger partial charge on any atom is -0.477 e. The summed E-state index contributed by atoms with van der Waals surface area (Å²) in [4.78, 5) is 58.2. The van der Waals surface area contributed by atoms with Crippen molar-refractivity contribution in [1.29, 1.82) is 0 Å². The first-order chi connectivity index (χ1) is 21.3. The molecule has 3 fully saturated rings. The van der Waals surface area contributed by atoms with Crippen LogP contribution < -0.4 is 4.90 Å². The normalized spacial score (nSPS) is 24.2. The second-order valence-electron chi connectivity index (χ2n) is 15.5. The van der Waals surface area contributed by atoms with E-state index in [4.69, 9.17) is 9.47 Å². The standard InChI is InChI=1S/C35H51N3O7S/c1-23-9-11-24(12-10-23)29(39)38(27-21-26(13-16-33(2,3)4)46-28(27)30(40)41)25-14-18-36(19-15-25)31(42)45-35(8)17-20-37(22-35)32(43)44-34(5,6)7/h21,23-25H,9-12,14-15,17-20,22H2,1-8H3,(H,40,41)/t23-,24-,35?. The molecule has 3 heterocycles. The number of hydrogen-bond acceptors (Lipinski definition) is 7. The molecule has 4 rings (SSSR count). The van der Waals surface area contributed by atoms with Crippen LogP contribution in [0, 0.1) is 29.1 Å². The smallest absolute Gasteiger partial charge is 0.410 e. The predicted octanol–water partition coefficient (Wildman–Crippen LogP) is 7.00. The second-order valence-corrected chi connectivity index (χ2v) is 16.5. The van der Waals surface area contributed by atoms with Gasteiger partial charge in [-0.3, -0.25) is 4.79 Å². The quantitative estimate of drug-likeness (QED) is 0.339. The molecule has 0 aromatic carbocycles. The Bertz CT molecular complexity index is 1360. The van der Waals surface area contributed by atoms with Gasteiger partial charge in [0.05, 0.1) is 17.1 Å². The molecule has 1 unspecified atom stereocenters. The molecule has 1 atom stereocenters. The number of carboxylic acids is 1. The Kier molecular flexibility index (Phi) is 10.7. The van der Waals surface area contributed by atoms with Crippen LogP contribution in [0.1, 0.15) is 115 Å². The number of nitrogens with zero attached hydrogens (tertiary/aromatic N) is 3. The van der Waals surface area contributed by atoms with Gasteiger partial charge in [-0.05, 0) is 99.0 Å². The molecule has 46 heavy (non-hydrogen) atoms. The molecule has 1 saturated carbocycles. The lowest BCUT2D eigenvalue weighted by Gasteiger charge is -2.41. The van der Waals surface area contributed by atoms with E-state index in [-0.39, 0.29) is 34.7 Å². The van der Waals surface area contributed by atoms with E-state index < -0.39 is 29.4 Å². The molecule has 3 amide bonds. The van der Waals surface area contributed by atoms with Crippen LogP contribution in [0.4, 0.5) is 15.3 Å². The van der Waals surface area contributed by atoms with Gasteiger partial charge in [-0.25, -0.2) is 14.4 Å². The van der Waals surface area contributed by atoms with Crippen LogP contribution >= 0.6 is 11.3 Å². The van der Waals surface area contributed by atoms with Gasteiger partial charge >= 0.3 is 18.2 Å². The van der Waals surface area contributed by atoms with Crippen LogP contribution in [0.25, 0.3) is 0 Å². The van der Waals surface area contributed by atoms with Gasteiger partial charge in [0, 0.05) is 43.4 Å². The molecule has 10 nitrogen and oxygen atoms in total. The number of amides is 3. The Hall–Kier alpha value is -3.26. The molecule has 254 valence electrons. The molecule has 3 aliphatic rings. The van der Waals surface area contributed by atoms with E-state index in [9.17, 15) is 24.3 Å². The van der Waals surface area contributed by atoms with Gasteiger partial charge in [0.15, 0.2) is 0 Å². The number of rotatable bonds is 5. The van der Waals surface area contributed by atoms with E-state index in [2.05, 4.69) is 18.8 Å². The van der Waals surface area contributed by atoms with Crippen molar-refractivity contribution in [3.05, 3.63) is 15.8 Å². The largest absolute Gasteiger partial charge is 0.477 e. The Balaban J connectivity index is 1.49. The van der Waals surface area contributed by atoms with E-state index in [1.807, 2.05) is 48.5 Å². The lowest BCUT2D eigenvalue weighted by Crippen LogP contribution is -2.52. The number of carbonyl (C=O) groups excluding carboxylic acids is 3. The molecule has 1 aromatic heterocycles. The molecule has 11 heteroatoms. The van der Waals surface area contributed by atoms with Gasteiger partial charge < -0.3 is 29.3 Å². The molecule has 1 aliphatic carbocycles. The van der Waals surface area contributed by atoms with Crippen molar-refractivity contribution in [2.75, 3.05) is 31.1 Å². The Morgan fingerprint density at radius 2 is 1.59 bits per heavy atom. The van der Waals surface area contributed by atoms with Gasteiger partial charge in [0.1, 0.15) is 16.1 Å². The van der Waals surface area contributed by atoms with Crippen molar-refractivity contribution in [1.82, 2.24) is 9.80 Å². The number of carboxylic acid groups (broad SMARTS) is 1. The van der Waals surface area contributed by atoms with E-state index >= 15 is 0 Å². The van der Waals surface area contributed by atoms with Gasteiger partial charge in [0.25, 0.3) is 0 Å². The number of thiophene rings is 1. The monoisotopic (exact) mass is 657 g/mol. The molecular formula is C35H51N3O7S. The van der Waals surface area contributed by atoms with Crippen molar-refractivity contribution in [3.8, 4) is 11.8 Å². The second kappa shape index (κ2) is 13.8. The van der Waals surface area contributed by atoms with E-state index in [0.29, 0.717) is 55.4 Å². The number of anilines is 1. The topological polar surface area (TPSA) is 117 Å². The highest BCUT2D eigenvalue weighted by molar-refractivity contribution is 7.15. The molecule has 0 spiro atoms. The summed E-state index contributed by atoms with van der Waals surface area (Å²) in [6.45, 7) is 16.9. The summed E-state index contributed by atoms with van der Waals surface area (Å²) >= 11 is 1.10. The Morgan fingerprint density at radius 3 is 2.15 bits per heavy atom. The fraction of sp³-hybridized carbons (Fsp3) is 0.714. The van der Waals surface area contributed by atoms with Gasteiger partial charge in [0.2, 0.25) is 5.91 Å². The van der Waals surface area contributed by atoms with Crippen molar-refractivity contribution in [3.63, 3.8) is 0 Å². The minimum atomic E-state index is -1.08. The number of ether oxygens (including phenoxy) is 2. The van der Waals surface area contributed by atoms with E-state index in [0.717, 1.165) is 37.0 Å². The number of likely N-dealkylation sites (tertiary alicyclic amines) is 2. The van der Waals surface area contributed by atoms with Crippen molar-refractivity contribution in [2.24, 2.45) is 17.3 Å². The zero-order valence-corrected chi connectivity index (χ0v) is 29.6. The molecule has 0 bridgehead atoms. The predicted molar refractivity (Wildman–Crippen MR) is 178 cm³/mol. The number of aromatic carboxylic acids is 1. The third kappa shape index (κ3) is 9.18. The minimum absolute atomic E-state index is 0.0377. The Morgan fingerprint density at radius 1 is 0.957 bits per heavy atom. The maximum atomic E-state index is 14.2. The number of carbonyl (C=O) groups is 4. The summed E-state index contributed by atoms with van der Waals surface area (Å²) in [5.41, 5.74) is -1.30. The highest BCUT2D eigenvalue weighted by Crippen LogP contribution is 2.38. The summed E-state index contributed by atoms with van der Waals surface area (Å²) in [6, 6.07) is 1.49. The summed E-state index contributed by atoms with van der Waals surface area (Å²) in [5.74, 6) is 5.60. The zero-order chi connectivity index (χ0) is 34.0. The van der Waals surface area contributed by atoms with E-state index in [1.165, 1.54) is 0 Å². The highest BCUT2D eigenvalue weighted by Gasteiger charge is 2.43. The first-order valence-electron chi connectivity index (χ1n) is 16.5. The Labute approximate surface area is 277 Å². The first kappa shape index (κ1) is 35.6. The van der Waals surface area contributed by atoms with Gasteiger partial charge in [-0.1, -0.05) is 18.8 Å². The van der Waals surface area contributed by atoms with Crippen LogP contribution in [0.2, 0.25) is 0 Å².